The van der Waals surface area contributed by atoms with Gasteiger partial charge in [0, 0.05) is 6.20 Å². The van der Waals surface area contributed by atoms with Gasteiger partial charge in [-0.05, 0) is 33.6 Å². The molecule has 0 spiro atoms. The van der Waals surface area contributed by atoms with Crippen molar-refractivity contribution >= 4 is 15.9 Å². The highest BCUT2D eigenvalue weighted by Gasteiger charge is 2.02. The zero-order valence-electron chi connectivity index (χ0n) is 9.26. The van der Waals surface area contributed by atoms with E-state index in [1.807, 2.05) is 24.3 Å². The van der Waals surface area contributed by atoms with Crippen LogP contribution in [-0.2, 0) is 6.61 Å². The molecule has 0 fully saturated rings. The van der Waals surface area contributed by atoms with Crippen molar-refractivity contribution in [1.29, 1.82) is 0 Å². The lowest BCUT2D eigenvalue weighted by molar-refractivity contribution is 0.291. The lowest BCUT2D eigenvalue weighted by Gasteiger charge is -2.07. The first-order valence-electron chi connectivity index (χ1n) is 5.01. The number of halogens is 1. The van der Waals surface area contributed by atoms with Gasteiger partial charge in [-0.3, -0.25) is 0 Å². The predicted octanol–water partition coefficient (Wildman–Crippen LogP) is 2.83. The van der Waals surface area contributed by atoms with Crippen molar-refractivity contribution in [1.82, 2.24) is 9.97 Å². The fourth-order valence-electron chi connectivity index (χ4n) is 1.28. The lowest BCUT2D eigenvalue weighted by Crippen LogP contribution is -1.98. The van der Waals surface area contributed by atoms with Crippen molar-refractivity contribution in [3.05, 3.63) is 46.8 Å². The van der Waals surface area contributed by atoms with Gasteiger partial charge in [-0.1, -0.05) is 12.1 Å². The van der Waals surface area contributed by atoms with Gasteiger partial charge in [-0.15, -0.1) is 0 Å². The Bertz CT molecular complexity index is 488. The van der Waals surface area contributed by atoms with Crippen LogP contribution in [0.4, 0.5) is 0 Å². The Kier molecular flexibility index (Phi) is 3.93. The van der Waals surface area contributed by atoms with Crippen molar-refractivity contribution in [2.75, 3.05) is 7.11 Å². The highest BCUT2D eigenvalue weighted by molar-refractivity contribution is 9.10. The molecule has 0 amide bonds. The molecule has 1 aromatic carbocycles. The fourth-order valence-corrected chi connectivity index (χ4v) is 1.62. The molecule has 0 aliphatic carbocycles. The van der Waals surface area contributed by atoms with Crippen LogP contribution in [0.5, 0.6) is 11.6 Å². The van der Waals surface area contributed by atoms with E-state index in [2.05, 4.69) is 25.9 Å². The van der Waals surface area contributed by atoms with Gasteiger partial charge < -0.3 is 9.47 Å². The van der Waals surface area contributed by atoms with Crippen molar-refractivity contribution < 1.29 is 9.47 Å². The second kappa shape index (κ2) is 5.63. The maximum Gasteiger partial charge on any atom is 0.231 e. The molecule has 88 valence electrons. The van der Waals surface area contributed by atoms with Gasteiger partial charge in [0.05, 0.1) is 11.6 Å². The number of methoxy groups -OCH3 is 1. The number of benzene rings is 1. The molecule has 1 aromatic heterocycles. The topological polar surface area (TPSA) is 44.2 Å². The van der Waals surface area contributed by atoms with Gasteiger partial charge in [0.2, 0.25) is 5.88 Å². The average molecular weight is 295 g/mol. The van der Waals surface area contributed by atoms with E-state index in [1.54, 1.807) is 13.3 Å². The van der Waals surface area contributed by atoms with Crippen LogP contribution in [0.3, 0.4) is 0 Å². The zero-order valence-corrected chi connectivity index (χ0v) is 10.8. The minimum absolute atomic E-state index is 0.458. The lowest BCUT2D eigenvalue weighted by atomic mass is 10.2. The van der Waals surface area contributed by atoms with E-state index < -0.39 is 0 Å². The molecule has 0 atom stereocenters. The van der Waals surface area contributed by atoms with Crippen LogP contribution in [-0.4, -0.2) is 17.1 Å². The maximum absolute atomic E-state index is 5.56. The molecule has 0 aliphatic heterocycles. The molecule has 0 saturated carbocycles. The Morgan fingerprint density at radius 2 is 2.00 bits per heavy atom. The number of hydrogen-bond acceptors (Lipinski definition) is 4. The first-order valence-corrected chi connectivity index (χ1v) is 5.80. The highest BCUT2D eigenvalue weighted by Crippen LogP contribution is 2.21. The molecule has 0 bridgehead atoms. The summed E-state index contributed by atoms with van der Waals surface area (Å²) in [5.74, 6) is 1.37. The van der Waals surface area contributed by atoms with Gasteiger partial charge in [-0.2, -0.15) is 0 Å². The summed E-state index contributed by atoms with van der Waals surface area (Å²) < 4.78 is 11.4. The third-order valence-corrected chi connectivity index (χ3v) is 2.71. The van der Waals surface area contributed by atoms with Crippen LogP contribution < -0.4 is 9.47 Å². The first kappa shape index (κ1) is 11.9. The normalized spacial score (nSPS) is 10.0. The smallest absolute Gasteiger partial charge is 0.231 e. The Balaban J connectivity index is 2.00. The van der Waals surface area contributed by atoms with E-state index in [1.165, 1.54) is 6.33 Å². The molecule has 5 heteroatoms. The third-order valence-electron chi connectivity index (χ3n) is 2.17. The Labute approximate surface area is 108 Å². The first-order chi connectivity index (χ1) is 8.29. The largest absolute Gasteiger partial charge is 0.497 e. The van der Waals surface area contributed by atoms with Crippen LogP contribution >= 0.6 is 15.9 Å². The van der Waals surface area contributed by atoms with Crippen molar-refractivity contribution in [2.24, 2.45) is 0 Å². The SMILES string of the molecule is COc1ccc(COc2ncncc2Br)cc1. The summed E-state index contributed by atoms with van der Waals surface area (Å²) in [6.45, 7) is 0.458. The standard InChI is InChI=1S/C12H11BrN2O2/c1-16-10-4-2-9(3-5-10)7-17-12-11(13)6-14-8-15-12/h2-6,8H,7H2,1H3. The van der Waals surface area contributed by atoms with E-state index in [-0.39, 0.29) is 0 Å². The van der Waals surface area contributed by atoms with E-state index in [0.717, 1.165) is 15.8 Å². The van der Waals surface area contributed by atoms with E-state index in [4.69, 9.17) is 9.47 Å². The third kappa shape index (κ3) is 3.17. The minimum atomic E-state index is 0.458. The van der Waals surface area contributed by atoms with Gasteiger partial charge in [-0.25, -0.2) is 9.97 Å². The molecule has 2 rings (SSSR count). The number of aromatic nitrogens is 2. The van der Waals surface area contributed by atoms with E-state index in [9.17, 15) is 0 Å². The average Bonchev–Trinajstić information content (AvgIpc) is 2.38. The number of rotatable bonds is 4. The summed E-state index contributed by atoms with van der Waals surface area (Å²) in [5.41, 5.74) is 1.05. The van der Waals surface area contributed by atoms with Crippen molar-refractivity contribution in [3.63, 3.8) is 0 Å². The fraction of sp³-hybridized carbons (Fsp3) is 0.167. The van der Waals surface area contributed by atoms with Gasteiger partial charge in [0.1, 0.15) is 18.7 Å². The molecular weight excluding hydrogens is 284 g/mol. The van der Waals surface area contributed by atoms with Gasteiger partial charge in [0.25, 0.3) is 0 Å². The predicted molar refractivity (Wildman–Crippen MR) is 67.1 cm³/mol. The maximum atomic E-state index is 5.56. The Hall–Kier alpha value is -1.62. The summed E-state index contributed by atoms with van der Waals surface area (Å²) >= 11 is 3.32. The van der Waals surface area contributed by atoms with Crippen LogP contribution in [0.25, 0.3) is 0 Å². The van der Waals surface area contributed by atoms with Gasteiger partial charge >= 0.3 is 0 Å². The van der Waals surface area contributed by atoms with Gasteiger partial charge in [0.15, 0.2) is 0 Å². The summed E-state index contributed by atoms with van der Waals surface area (Å²) in [5, 5.41) is 0. The molecule has 2 aromatic rings. The molecule has 1 heterocycles. The number of nitrogens with zero attached hydrogens (tertiary/aromatic N) is 2. The zero-order chi connectivity index (χ0) is 12.1. The summed E-state index contributed by atoms with van der Waals surface area (Å²) in [7, 11) is 1.64. The molecule has 0 saturated heterocycles. The molecule has 0 N–H and O–H groups in total. The number of ether oxygens (including phenoxy) is 2. The summed E-state index contributed by atoms with van der Waals surface area (Å²) in [6, 6.07) is 7.70. The Morgan fingerprint density at radius 3 is 2.65 bits per heavy atom. The quantitative estimate of drug-likeness (QED) is 0.870. The van der Waals surface area contributed by atoms with Crippen LogP contribution in [0, 0.1) is 0 Å². The molecule has 4 nitrogen and oxygen atoms in total. The van der Waals surface area contributed by atoms with Crippen LogP contribution in [0.15, 0.2) is 41.3 Å². The highest BCUT2D eigenvalue weighted by atomic mass is 79.9. The van der Waals surface area contributed by atoms with E-state index >= 15 is 0 Å². The summed E-state index contributed by atoms with van der Waals surface area (Å²) in [6.07, 6.45) is 3.10. The molecule has 17 heavy (non-hydrogen) atoms. The molecule has 0 radical (unpaired) electrons. The van der Waals surface area contributed by atoms with Crippen molar-refractivity contribution in [3.8, 4) is 11.6 Å². The second-order valence-corrected chi connectivity index (χ2v) is 4.17. The Morgan fingerprint density at radius 1 is 1.24 bits per heavy atom. The molecular formula is C12H11BrN2O2. The molecule has 0 unspecified atom stereocenters. The minimum Gasteiger partial charge on any atom is -0.497 e. The van der Waals surface area contributed by atoms with Crippen LogP contribution in [0.2, 0.25) is 0 Å². The molecule has 0 aliphatic rings. The van der Waals surface area contributed by atoms with E-state index in [0.29, 0.717) is 12.5 Å². The monoisotopic (exact) mass is 294 g/mol. The number of hydrogen-bond donors (Lipinski definition) is 0. The summed E-state index contributed by atoms with van der Waals surface area (Å²) in [4.78, 5) is 7.89. The van der Waals surface area contributed by atoms with Crippen molar-refractivity contribution in [2.45, 2.75) is 6.61 Å². The second-order valence-electron chi connectivity index (χ2n) is 3.31. The van der Waals surface area contributed by atoms with Crippen LogP contribution in [0.1, 0.15) is 5.56 Å².